The fraction of sp³-hybridized carbons (Fsp3) is 0.235. The van der Waals surface area contributed by atoms with E-state index in [2.05, 4.69) is 5.32 Å². The Hall–Kier alpha value is -2.29. The Morgan fingerprint density at radius 1 is 1.10 bits per heavy atom. The van der Waals surface area contributed by atoms with E-state index >= 15 is 0 Å². The number of hydrogen-bond donors (Lipinski definition) is 1. The minimum absolute atomic E-state index is 0.0621. The number of carbonyl (C=O) groups is 1. The van der Waals surface area contributed by atoms with Gasteiger partial charge < -0.3 is 10.1 Å². The molecule has 0 unspecified atom stereocenters. The van der Waals surface area contributed by atoms with Gasteiger partial charge in [-0.3, -0.25) is 4.79 Å². The highest BCUT2D eigenvalue weighted by molar-refractivity contribution is 6.05. The first-order valence-electron chi connectivity index (χ1n) is 6.70. The van der Waals surface area contributed by atoms with Crippen LogP contribution in [-0.2, 0) is 0 Å². The van der Waals surface area contributed by atoms with Gasteiger partial charge in [-0.05, 0) is 45.0 Å². The van der Waals surface area contributed by atoms with Crippen molar-refractivity contribution in [2.45, 2.75) is 26.9 Å². The summed E-state index contributed by atoms with van der Waals surface area (Å²) in [6, 6.07) is 15.0. The van der Waals surface area contributed by atoms with E-state index in [1.165, 1.54) is 0 Å². The first-order chi connectivity index (χ1) is 9.56. The van der Waals surface area contributed by atoms with Crippen molar-refractivity contribution in [1.29, 1.82) is 0 Å². The van der Waals surface area contributed by atoms with E-state index in [0.29, 0.717) is 17.0 Å². The Kier molecular flexibility index (Phi) is 4.41. The summed E-state index contributed by atoms with van der Waals surface area (Å²) in [5.74, 6) is 0.553. The fourth-order valence-corrected chi connectivity index (χ4v) is 1.91. The van der Waals surface area contributed by atoms with Crippen molar-refractivity contribution in [1.82, 2.24) is 0 Å². The van der Waals surface area contributed by atoms with E-state index < -0.39 is 0 Å². The van der Waals surface area contributed by atoms with E-state index in [1.54, 1.807) is 6.07 Å². The van der Waals surface area contributed by atoms with Crippen molar-refractivity contribution >= 4 is 11.6 Å². The van der Waals surface area contributed by atoms with Crippen molar-refractivity contribution in [2.24, 2.45) is 0 Å². The molecule has 0 spiro atoms. The summed E-state index contributed by atoms with van der Waals surface area (Å²) >= 11 is 0. The molecule has 0 aliphatic heterocycles. The molecule has 0 aliphatic carbocycles. The molecule has 3 nitrogen and oxygen atoms in total. The van der Waals surface area contributed by atoms with Crippen LogP contribution in [0.25, 0.3) is 0 Å². The molecule has 0 bridgehead atoms. The van der Waals surface area contributed by atoms with Crippen molar-refractivity contribution in [3.63, 3.8) is 0 Å². The smallest absolute Gasteiger partial charge is 0.255 e. The number of aryl methyl sites for hydroxylation is 1. The molecular weight excluding hydrogens is 250 g/mol. The number of benzene rings is 2. The monoisotopic (exact) mass is 269 g/mol. The quantitative estimate of drug-likeness (QED) is 0.909. The molecule has 104 valence electrons. The predicted octanol–water partition coefficient (Wildman–Crippen LogP) is 4.03. The normalized spacial score (nSPS) is 10.4. The number of amides is 1. The minimum atomic E-state index is -0.131. The Morgan fingerprint density at radius 3 is 2.55 bits per heavy atom. The molecule has 1 amide bonds. The van der Waals surface area contributed by atoms with Crippen LogP contribution in [0, 0.1) is 6.92 Å². The van der Waals surface area contributed by atoms with Gasteiger partial charge in [0.1, 0.15) is 5.75 Å². The standard InChI is InChI=1S/C17H19NO2/c1-12(2)20-16-10-5-4-9-15(16)18-17(19)14-8-6-7-13(3)11-14/h4-12H,1-3H3,(H,18,19). The van der Waals surface area contributed by atoms with Crippen LogP contribution in [0.2, 0.25) is 0 Å². The summed E-state index contributed by atoms with van der Waals surface area (Å²) < 4.78 is 5.69. The lowest BCUT2D eigenvalue weighted by molar-refractivity contribution is 0.102. The molecule has 0 atom stereocenters. The van der Waals surface area contributed by atoms with E-state index in [9.17, 15) is 4.79 Å². The first kappa shape index (κ1) is 14.1. The molecule has 20 heavy (non-hydrogen) atoms. The van der Waals surface area contributed by atoms with Gasteiger partial charge in [0.15, 0.2) is 0 Å². The van der Waals surface area contributed by atoms with Gasteiger partial charge in [-0.25, -0.2) is 0 Å². The summed E-state index contributed by atoms with van der Waals surface area (Å²) in [7, 11) is 0. The molecule has 0 radical (unpaired) electrons. The van der Waals surface area contributed by atoms with Crippen molar-refractivity contribution in [2.75, 3.05) is 5.32 Å². The van der Waals surface area contributed by atoms with Gasteiger partial charge in [-0.2, -0.15) is 0 Å². The summed E-state index contributed by atoms with van der Waals surface area (Å²) in [6.07, 6.45) is 0.0621. The second-order valence-corrected chi connectivity index (χ2v) is 4.99. The van der Waals surface area contributed by atoms with E-state index in [0.717, 1.165) is 5.56 Å². The van der Waals surface area contributed by atoms with Crippen LogP contribution >= 0.6 is 0 Å². The van der Waals surface area contributed by atoms with Gasteiger partial charge >= 0.3 is 0 Å². The van der Waals surface area contributed by atoms with Crippen molar-refractivity contribution in [3.05, 3.63) is 59.7 Å². The minimum Gasteiger partial charge on any atom is -0.489 e. The average Bonchev–Trinajstić information content (AvgIpc) is 2.40. The van der Waals surface area contributed by atoms with E-state index in [4.69, 9.17) is 4.74 Å². The average molecular weight is 269 g/mol. The van der Waals surface area contributed by atoms with Gasteiger partial charge in [0.2, 0.25) is 0 Å². The summed E-state index contributed by atoms with van der Waals surface area (Å²) in [5, 5.41) is 2.90. The zero-order chi connectivity index (χ0) is 14.5. The van der Waals surface area contributed by atoms with Crippen LogP contribution in [0.3, 0.4) is 0 Å². The third-order valence-electron chi connectivity index (χ3n) is 2.78. The lowest BCUT2D eigenvalue weighted by Gasteiger charge is -2.14. The van der Waals surface area contributed by atoms with Gasteiger partial charge in [-0.15, -0.1) is 0 Å². The molecule has 0 aromatic heterocycles. The molecule has 2 aromatic carbocycles. The lowest BCUT2D eigenvalue weighted by atomic mass is 10.1. The molecule has 0 saturated carbocycles. The zero-order valence-corrected chi connectivity index (χ0v) is 12.0. The zero-order valence-electron chi connectivity index (χ0n) is 12.0. The molecule has 0 aliphatic rings. The third-order valence-corrected chi connectivity index (χ3v) is 2.78. The molecule has 0 fully saturated rings. The molecule has 3 heteroatoms. The van der Waals surface area contributed by atoms with Gasteiger partial charge in [0.05, 0.1) is 11.8 Å². The van der Waals surface area contributed by atoms with Gasteiger partial charge in [0.25, 0.3) is 5.91 Å². The Bertz CT molecular complexity index is 605. The van der Waals surface area contributed by atoms with Crippen LogP contribution in [0.4, 0.5) is 5.69 Å². The first-order valence-corrected chi connectivity index (χ1v) is 6.70. The maximum absolute atomic E-state index is 12.2. The summed E-state index contributed by atoms with van der Waals surface area (Å²) in [6.45, 7) is 5.88. The van der Waals surface area contributed by atoms with Crippen molar-refractivity contribution in [3.8, 4) is 5.75 Å². The van der Waals surface area contributed by atoms with Crippen LogP contribution in [0.5, 0.6) is 5.75 Å². The Morgan fingerprint density at radius 2 is 1.85 bits per heavy atom. The number of anilines is 1. The number of nitrogens with one attached hydrogen (secondary N) is 1. The van der Waals surface area contributed by atoms with Crippen molar-refractivity contribution < 1.29 is 9.53 Å². The fourth-order valence-electron chi connectivity index (χ4n) is 1.91. The highest BCUT2D eigenvalue weighted by atomic mass is 16.5. The number of rotatable bonds is 4. The van der Waals surface area contributed by atoms with E-state index in [-0.39, 0.29) is 12.0 Å². The SMILES string of the molecule is Cc1cccc(C(=O)Nc2ccccc2OC(C)C)c1. The number of ether oxygens (including phenoxy) is 1. The van der Waals surface area contributed by atoms with E-state index in [1.807, 2.05) is 63.2 Å². The second-order valence-electron chi connectivity index (χ2n) is 4.99. The number of para-hydroxylation sites is 2. The Labute approximate surface area is 119 Å². The summed E-state index contributed by atoms with van der Waals surface area (Å²) in [5.41, 5.74) is 2.39. The Balaban J connectivity index is 2.19. The van der Waals surface area contributed by atoms with Crippen LogP contribution in [0.1, 0.15) is 29.8 Å². The molecule has 0 heterocycles. The largest absolute Gasteiger partial charge is 0.489 e. The maximum atomic E-state index is 12.2. The maximum Gasteiger partial charge on any atom is 0.255 e. The number of carbonyl (C=O) groups excluding carboxylic acids is 1. The van der Waals surface area contributed by atoms with Crippen LogP contribution in [0.15, 0.2) is 48.5 Å². The van der Waals surface area contributed by atoms with Crippen LogP contribution in [-0.4, -0.2) is 12.0 Å². The summed E-state index contributed by atoms with van der Waals surface area (Å²) in [4.78, 5) is 12.2. The van der Waals surface area contributed by atoms with Gasteiger partial charge in [-0.1, -0.05) is 29.8 Å². The topological polar surface area (TPSA) is 38.3 Å². The van der Waals surface area contributed by atoms with Gasteiger partial charge in [0, 0.05) is 5.56 Å². The highest BCUT2D eigenvalue weighted by Crippen LogP contribution is 2.25. The third kappa shape index (κ3) is 3.60. The van der Waals surface area contributed by atoms with Crippen LogP contribution < -0.4 is 10.1 Å². The second kappa shape index (κ2) is 6.24. The predicted molar refractivity (Wildman–Crippen MR) is 81.3 cm³/mol. The molecular formula is C17H19NO2. The highest BCUT2D eigenvalue weighted by Gasteiger charge is 2.10. The molecule has 2 rings (SSSR count). The lowest BCUT2D eigenvalue weighted by Crippen LogP contribution is -2.14. The number of hydrogen-bond acceptors (Lipinski definition) is 2. The molecule has 1 N–H and O–H groups in total. The molecule has 2 aromatic rings. The molecule has 0 saturated heterocycles.